The monoisotopic (exact) mass is 731 g/mol. The minimum absolute atomic E-state index is 0.0264. The van der Waals surface area contributed by atoms with Crippen molar-refractivity contribution in [1.29, 1.82) is 0 Å². The van der Waals surface area contributed by atoms with Crippen LogP contribution in [0.15, 0.2) is 65.8 Å². The molecular weight excluding hydrogens is 686 g/mol. The van der Waals surface area contributed by atoms with Gasteiger partial charge in [0.05, 0.1) is 12.6 Å². The maximum Gasteiger partial charge on any atom is 0.252 e. The van der Waals surface area contributed by atoms with Crippen LogP contribution >= 0.6 is 0 Å². The van der Waals surface area contributed by atoms with Gasteiger partial charge in [0.1, 0.15) is 24.2 Å². The van der Waals surface area contributed by atoms with Crippen LogP contribution in [0.25, 0.3) is 10.9 Å². The molecule has 13 N–H and O–H groups in total. The second-order valence-corrected chi connectivity index (χ2v) is 12.7. The molecule has 1 aliphatic heterocycles. The molecule has 2 aromatic carbocycles. The molecule has 0 radical (unpaired) electrons. The number of aromatic amines is 1. The normalized spacial score (nSPS) is 16.9. The summed E-state index contributed by atoms with van der Waals surface area (Å²) >= 11 is 0. The van der Waals surface area contributed by atoms with E-state index in [4.69, 9.17) is 22.9 Å². The smallest absolute Gasteiger partial charge is 0.252 e. The summed E-state index contributed by atoms with van der Waals surface area (Å²) in [7, 11) is 0. The first-order valence-electron chi connectivity index (χ1n) is 17.0. The van der Waals surface area contributed by atoms with Crippen molar-refractivity contribution in [3.05, 3.63) is 71.9 Å². The number of aliphatic imine (C=N–C) groups is 1. The molecule has 0 unspecified atom stereocenters. The Hall–Kier alpha value is -6.30. The van der Waals surface area contributed by atoms with Crippen LogP contribution in [-0.2, 0) is 46.4 Å². The fraction of sp³-hybridized carbons (Fsp3) is 0.371. The number of nitrogens with zero attached hydrogens (tertiary/aromatic N) is 2. The van der Waals surface area contributed by atoms with E-state index in [2.05, 4.69) is 31.2 Å². The first kappa shape index (κ1) is 39.5. The van der Waals surface area contributed by atoms with Gasteiger partial charge >= 0.3 is 0 Å². The third kappa shape index (κ3) is 10.8. The Morgan fingerprint density at radius 3 is 2.26 bits per heavy atom. The van der Waals surface area contributed by atoms with Crippen LogP contribution in [0.5, 0.6) is 0 Å². The Morgan fingerprint density at radius 2 is 1.58 bits per heavy atom. The summed E-state index contributed by atoms with van der Waals surface area (Å²) in [4.78, 5) is 99.8. The average Bonchev–Trinajstić information content (AvgIpc) is 3.66. The van der Waals surface area contributed by atoms with E-state index in [1.807, 2.05) is 24.3 Å². The van der Waals surface area contributed by atoms with Crippen molar-refractivity contribution in [1.82, 2.24) is 31.2 Å². The largest absolute Gasteiger partial charge is 0.370 e. The number of rotatable bonds is 17. The van der Waals surface area contributed by atoms with Gasteiger partial charge < -0.3 is 49.2 Å². The molecule has 1 fully saturated rings. The van der Waals surface area contributed by atoms with Crippen LogP contribution in [0.4, 0.5) is 0 Å². The molecule has 0 aliphatic carbocycles. The van der Waals surface area contributed by atoms with Gasteiger partial charge in [-0.15, -0.1) is 0 Å². The molecule has 7 amide bonds. The lowest BCUT2D eigenvalue weighted by molar-refractivity contribution is -0.150. The zero-order valence-electron chi connectivity index (χ0n) is 29.2. The number of hydrogen-bond donors (Lipinski definition) is 9. The number of primary amides is 1. The van der Waals surface area contributed by atoms with Gasteiger partial charge in [-0.1, -0.05) is 48.5 Å². The number of nitrogens with two attached hydrogens (primary N) is 4. The number of amides is 7. The summed E-state index contributed by atoms with van der Waals surface area (Å²) in [5.74, 6) is -5.54. The Balaban J connectivity index is 1.61. The lowest BCUT2D eigenvalue weighted by atomic mass is 10.0. The van der Waals surface area contributed by atoms with Crippen LogP contribution in [0, 0.1) is 0 Å². The molecule has 53 heavy (non-hydrogen) atoms. The number of para-hydroxylation sites is 1. The number of imide groups is 1. The van der Waals surface area contributed by atoms with Gasteiger partial charge in [-0.25, -0.2) is 0 Å². The molecule has 4 rings (SSSR count). The minimum Gasteiger partial charge on any atom is -0.370 e. The summed E-state index contributed by atoms with van der Waals surface area (Å²) in [6.45, 7) is 0.915. The quantitative estimate of drug-likeness (QED) is 0.0401. The van der Waals surface area contributed by atoms with Gasteiger partial charge in [-0.05, 0) is 30.0 Å². The number of fused-ring (bicyclic) bond motifs is 1. The van der Waals surface area contributed by atoms with Gasteiger partial charge in [-0.2, -0.15) is 0 Å². The highest BCUT2D eigenvalue weighted by atomic mass is 16.2. The van der Waals surface area contributed by atoms with Crippen molar-refractivity contribution in [3.8, 4) is 0 Å². The number of carbonyl (C=O) groups excluding carboxylic acids is 7. The Labute approximate surface area is 304 Å². The highest BCUT2D eigenvalue weighted by Gasteiger charge is 2.48. The van der Waals surface area contributed by atoms with Crippen LogP contribution in [-0.4, -0.2) is 100 Å². The number of H-pyrrole nitrogens is 1. The number of likely N-dealkylation sites (tertiary alicyclic amines) is 1. The summed E-state index contributed by atoms with van der Waals surface area (Å²) in [5.41, 5.74) is 24.2. The number of aromatic nitrogens is 1. The van der Waals surface area contributed by atoms with Gasteiger partial charge in [0.15, 0.2) is 5.96 Å². The van der Waals surface area contributed by atoms with Crippen LogP contribution in [0.2, 0.25) is 0 Å². The summed E-state index contributed by atoms with van der Waals surface area (Å²) in [5, 5.41) is 11.0. The predicted octanol–water partition coefficient (Wildman–Crippen LogP) is -2.46. The fourth-order valence-electron chi connectivity index (χ4n) is 6.07. The molecule has 0 bridgehead atoms. The van der Waals surface area contributed by atoms with Crippen molar-refractivity contribution >= 4 is 58.2 Å². The van der Waals surface area contributed by atoms with Gasteiger partial charge in [0.2, 0.25) is 35.4 Å². The molecule has 1 aromatic heterocycles. The summed E-state index contributed by atoms with van der Waals surface area (Å²) in [6.07, 6.45) is 1.72. The Kier molecular flexibility index (Phi) is 13.6. The van der Waals surface area contributed by atoms with Crippen LogP contribution < -0.4 is 44.2 Å². The maximum atomic E-state index is 14.3. The number of hydrogen-bond acceptors (Lipinski definition) is 9. The van der Waals surface area contributed by atoms with Crippen molar-refractivity contribution in [2.75, 3.05) is 13.1 Å². The molecule has 282 valence electrons. The molecule has 18 heteroatoms. The first-order valence-corrected chi connectivity index (χ1v) is 17.0. The topological polar surface area (TPSA) is 303 Å². The third-order valence-electron chi connectivity index (χ3n) is 8.59. The van der Waals surface area contributed by atoms with Crippen molar-refractivity contribution in [2.24, 2.45) is 27.9 Å². The number of carbonyl (C=O) groups is 7. The Morgan fingerprint density at radius 1 is 0.887 bits per heavy atom. The zero-order chi connectivity index (χ0) is 38.7. The van der Waals surface area contributed by atoms with Crippen molar-refractivity contribution in [2.45, 2.75) is 69.2 Å². The second kappa shape index (κ2) is 18.3. The van der Waals surface area contributed by atoms with E-state index in [0.717, 1.165) is 10.9 Å². The number of benzene rings is 2. The van der Waals surface area contributed by atoms with E-state index in [0.29, 0.717) is 22.4 Å². The molecule has 3 aromatic rings. The standard InChI is InChI=1S/C35H45N11O7/c1-19(47)43-25(12-7-13-40-35(38)39)31(50)45-27(14-20-8-3-2-4-9-20)34(53)46-28(16-23(36)33(46)52)32(51)44-26(30(49)42-18-29(37)48)15-21-17-41-24-11-6-5-10-22(21)24/h2-6,8-11,17,23,25-28,41H,7,12-16,18,36H2,1H3,(H2,37,48)(H,42,49)(H,43,47)(H,44,51)(H,45,50)(H4,38,39,40)/t23-,25+,26+,27+,28-/m1/s1. The average molecular weight is 732 g/mol. The van der Waals surface area contributed by atoms with E-state index < -0.39 is 78.1 Å². The number of guanidine groups is 1. The molecule has 18 nitrogen and oxygen atoms in total. The lowest BCUT2D eigenvalue weighted by Gasteiger charge is -2.29. The van der Waals surface area contributed by atoms with E-state index >= 15 is 0 Å². The highest BCUT2D eigenvalue weighted by molar-refractivity contribution is 6.08. The van der Waals surface area contributed by atoms with Crippen LogP contribution in [0.1, 0.15) is 37.3 Å². The lowest BCUT2D eigenvalue weighted by Crippen LogP contribution is -2.59. The molecule has 2 heterocycles. The summed E-state index contributed by atoms with van der Waals surface area (Å²) in [6, 6.07) is 9.52. The highest BCUT2D eigenvalue weighted by Crippen LogP contribution is 2.23. The van der Waals surface area contributed by atoms with Gasteiger partial charge in [0.25, 0.3) is 5.91 Å². The molecule has 1 aliphatic rings. The first-order chi connectivity index (χ1) is 25.2. The summed E-state index contributed by atoms with van der Waals surface area (Å²) < 4.78 is 0. The van der Waals surface area contributed by atoms with Gasteiger partial charge in [-0.3, -0.25) is 43.5 Å². The van der Waals surface area contributed by atoms with E-state index in [1.165, 1.54) is 6.92 Å². The zero-order valence-corrected chi connectivity index (χ0v) is 29.2. The molecular formula is C35H45N11O7. The molecule has 0 saturated carbocycles. The maximum absolute atomic E-state index is 14.3. The second-order valence-electron chi connectivity index (χ2n) is 12.7. The molecule has 5 atom stereocenters. The van der Waals surface area contributed by atoms with Crippen LogP contribution in [0.3, 0.4) is 0 Å². The molecule has 0 spiro atoms. The predicted molar refractivity (Wildman–Crippen MR) is 194 cm³/mol. The van der Waals surface area contributed by atoms with E-state index in [1.54, 1.807) is 36.5 Å². The number of nitrogens with one attached hydrogen (secondary N) is 5. The van der Waals surface area contributed by atoms with Gasteiger partial charge in [0, 0.05) is 49.8 Å². The fourth-order valence-corrected chi connectivity index (χ4v) is 6.07. The van der Waals surface area contributed by atoms with E-state index in [-0.39, 0.29) is 38.2 Å². The van der Waals surface area contributed by atoms with Crippen molar-refractivity contribution < 1.29 is 33.6 Å². The SMILES string of the molecule is CC(=O)N[C@@H](CCCN=C(N)N)C(=O)N[C@@H](Cc1ccccc1)C(=O)N1C(=O)[C@H](N)C[C@@H]1C(=O)N[C@@H](Cc1c[nH]c2ccccc12)C(=O)NCC(N)=O. The van der Waals surface area contributed by atoms with Crippen molar-refractivity contribution in [3.63, 3.8) is 0 Å². The molecule has 1 saturated heterocycles. The minimum atomic E-state index is -1.46. The third-order valence-corrected chi connectivity index (χ3v) is 8.59. The van der Waals surface area contributed by atoms with E-state index in [9.17, 15) is 33.6 Å². The Bertz CT molecular complexity index is 1860.